The van der Waals surface area contributed by atoms with Crippen molar-refractivity contribution < 1.29 is 9.21 Å². The van der Waals surface area contributed by atoms with Crippen molar-refractivity contribution in [2.24, 2.45) is 5.92 Å². The minimum Gasteiger partial charge on any atom is -0.436 e. The summed E-state index contributed by atoms with van der Waals surface area (Å²) in [5.41, 5.74) is 2.49. The number of thiophene rings is 1. The van der Waals surface area contributed by atoms with Crippen LogP contribution in [0.5, 0.6) is 0 Å². The lowest BCUT2D eigenvalue weighted by Gasteiger charge is -2.44. The molecule has 0 radical (unpaired) electrons. The van der Waals surface area contributed by atoms with Crippen molar-refractivity contribution in [3.8, 4) is 11.5 Å². The molecule has 5 nitrogen and oxygen atoms in total. The highest BCUT2D eigenvalue weighted by molar-refractivity contribution is 7.08. The van der Waals surface area contributed by atoms with E-state index in [9.17, 15) is 4.79 Å². The van der Waals surface area contributed by atoms with E-state index in [1.807, 2.05) is 16.8 Å². The standard InChI is InChI=1S/C19H18ClN3O2S/c20-13-7-14(18(24)21-15-9-23-4-1-11(15)2-5-23)17-16(8-13)25-19(22-17)12-3-6-26-10-12/h3,6-8,10-11,15H,1-2,4-5,9H2,(H,21,24). The first kappa shape index (κ1) is 16.3. The summed E-state index contributed by atoms with van der Waals surface area (Å²) in [5.74, 6) is 0.958. The van der Waals surface area contributed by atoms with Crippen molar-refractivity contribution in [2.45, 2.75) is 18.9 Å². The summed E-state index contributed by atoms with van der Waals surface area (Å²) in [6, 6.07) is 5.54. The van der Waals surface area contributed by atoms with Crippen LogP contribution in [-0.4, -0.2) is 41.5 Å². The van der Waals surface area contributed by atoms with Gasteiger partial charge in [-0.15, -0.1) is 0 Å². The van der Waals surface area contributed by atoms with Crippen LogP contribution in [0, 0.1) is 5.92 Å². The Kier molecular flexibility index (Phi) is 3.99. The molecule has 1 N–H and O–H groups in total. The summed E-state index contributed by atoms with van der Waals surface area (Å²) in [5, 5.41) is 7.63. The summed E-state index contributed by atoms with van der Waals surface area (Å²) in [6.07, 6.45) is 2.31. The molecule has 7 heteroatoms. The number of fused-ring (bicyclic) bond motifs is 4. The number of halogens is 1. The van der Waals surface area contributed by atoms with Gasteiger partial charge in [0.2, 0.25) is 5.89 Å². The van der Waals surface area contributed by atoms with Crippen molar-refractivity contribution in [1.29, 1.82) is 0 Å². The van der Waals surface area contributed by atoms with Gasteiger partial charge in [0, 0.05) is 34.6 Å². The van der Waals surface area contributed by atoms with E-state index < -0.39 is 0 Å². The average Bonchev–Trinajstić information content (AvgIpc) is 3.31. The Labute approximate surface area is 160 Å². The number of hydrogen-bond acceptors (Lipinski definition) is 5. The van der Waals surface area contributed by atoms with Crippen molar-refractivity contribution in [2.75, 3.05) is 19.6 Å². The number of hydrogen-bond donors (Lipinski definition) is 1. The molecule has 134 valence electrons. The number of benzene rings is 1. The Hall–Kier alpha value is -1.89. The fourth-order valence-corrected chi connectivity index (χ4v) is 4.89. The zero-order valence-corrected chi connectivity index (χ0v) is 15.6. The smallest absolute Gasteiger partial charge is 0.253 e. The number of oxazole rings is 1. The minimum absolute atomic E-state index is 0.124. The zero-order valence-electron chi connectivity index (χ0n) is 14.1. The second kappa shape index (κ2) is 6.37. The van der Waals surface area contributed by atoms with Crippen molar-refractivity contribution in [3.63, 3.8) is 0 Å². The monoisotopic (exact) mass is 387 g/mol. The number of amides is 1. The summed E-state index contributed by atoms with van der Waals surface area (Å²) in [4.78, 5) is 20.0. The molecule has 3 aromatic rings. The molecule has 26 heavy (non-hydrogen) atoms. The van der Waals surface area contributed by atoms with Gasteiger partial charge < -0.3 is 14.6 Å². The molecule has 3 saturated heterocycles. The lowest BCUT2D eigenvalue weighted by Crippen LogP contribution is -2.57. The molecule has 1 aromatic carbocycles. The number of nitrogens with zero attached hydrogens (tertiary/aromatic N) is 2. The van der Waals surface area contributed by atoms with E-state index in [2.05, 4.69) is 15.2 Å². The van der Waals surface area contributed by atoms with Crippen LogP contribution in [0.2, 0.25) is 5.02 Å². The molecule has 3 aliphatic rings. The quantitative estimate of drug-likeness (QED) is 0.737. The van der Waals surface area contributed by atoms with Gasteiger partial charge in [-0.05, 0) is 49.4 Å². The maximum Gasteiger partial charge on any atom is 0.253 e. The summed E-state index contributed by atoms with van der Waals surface area (Å²) < 4.78 is 5.85. The number of nitrogens with one attached hydrogen (secondary N) is 1. The molecule has 6 rings (SSSR count). The maximum atomic E-state index is 13.0. The van der Waals surface area contributed by atoms with Gasteiger partial charge in [0.1, 0.15) is 5.52 Å². The van der Waals surface area contributed by atoms with Crippen molar-refractivity contribution >= 4 is 39.9 Å². The highest BCUT2D eigenvalue weighted by Crippen LogP contribution is 2.31. The average molecular weight is 388 g/mol. The van der Waals surface area contributed by atoms with Gasteiger partial charge in [-0.1, -0.05) is 11.6 Å². The first-order valence-electron chi connectivity index (χ1n) is 8.83. The van der Waals surface area contributed by atoms with E-state index in [-0.39, 0.29) is 11.9 Å². The molecule has 2 bridgehead atoms. The van der Waals surface area contributed by atoms with E-state index in [1.165, 1.54) is 0 Å². The lowest BCUT2D eigenvalue weighted by atomic mass is 9.84. The normalized spacial score (nSPS) is 24.9. The number of carbonyl (C=O) groups excluding carboxylic acids is 1. The summed E-state index contributed by atoms with van der Waals surface area (Å²) in [7, 11) is 0. The van der Waals surface area contributed by atoms with Crippen LogP contribution < -0.4 is 5.32 Å². The Balaban J connectivity index is 1.48. The second-order valence-electron chi connectivity index (χ2n) is 7.05. The minimum atomic E-state index is -0.124. The van der Waals surface area contributed by atoms with E-state index in [0.717, 1.165) is 38.0 Å². The van der Waals surface area contributed by atoms with Gasteiger partial charge in [-0.2, -0.15) is 11.3 Å². The van der Waals surface area contributed by atoms with Crippen molar-refractivity contribution in [3.05, 3.63) is 39.5 Å². The Morgan fingerprint density at radius 1 is 1.35 bits per heavy atom. The second-order valence-corrected chi connectivity index (χ2v) is 8.27. The van der Waals surface area contributed by atoms with Crippen LogP contribution in [0.1, 0.15) is 23.2 Å². The zero-order chi connectivity index (χ0) is 17.7. The van der Waals surface area contributed by atoms with E-state index >= 15 is 0 Å². The fourth-order valence-electron chi connectivity index (χ4n) is 4.05. The molecule has 1 amide bonds. The summed E-state index contributed by atoms with van der Waals surface area (Å²) in [6.45, 7) is 3.22. The first-order chi connectivity index (χ1) is 12.7. The number of rotatable bonds is 3. The fraction of sp³-hybridized carbons (Fsp3) is 0.368. The predicted octanol–water partition coefficient (Wildman–Crippen LogP) is 4.03. The Morgan fingerprint density at radius 2 is 2.19 bits per heavy atom. The van der Waals surface area contributed by atoms with Gasteiger partial charge in [-0.3, -0.25) is 4.79 Å². The van der Waals surface area contributed by atoms with E-state index in [4.69, 9.17) is 16.0 Å². The molecular weight excluding hydrogens is 370 g/mol. The summed E-state index contributed by atoms with van der Waals surface area (Å²) >= 11 is 7.81. The lowest BCUT2D eigenvalue weighted by molar-refractivity contribution is 0.0621. The van der Waals surface area contributed by atoms with Gasteiger partial charge in [0.05, 0.1) is 5.56 Å². The highest BCUT2D eigenvalue weighted by Gasteiger charge is 2.35. The third kappa shape index (κ3) is 2.82. The number of piperidine rings is 3. The number of carbonyl (C=O) groups is 1. The van der Waals surface area contributed by atoms with Crippen LogP contribution in [-0.2, 0) is 0 Å². The van der Waals surface area contributed by atoms with Crippen LogP contribution in [0.15, 0.2) is 33.4 Å². The predicted molar refractivity (Wildman–Crippen MR) is 103 cm³/mol. The highest BCUT2D eigenvalue weighted by atomic mass is 35.5. The first-order valence-corrected chi connectivity index (χ1v) is 10.2. The SMILES string of the molecule is O=C(NC1CN2CCC1CC2)c1cc(Cl)cc2oc(-c3ccsc3)nc12. The maximum absolute atomic E-state index is 13.0. The molecule has 1 atom stereocenters. The van der Waals surface area contributed by atoms with E-state index in [1.54, 1.807) is 23.5 Å². The van der Waals surface area contributed by atoms with E-state index in [0.29, 0.717) is 33.5 Å². The van der Waals surface area contributed by atoms with Gasteiger partial charge in [0.15, 0.2) is 5.58 Å². The van der Waals surface area contributed by atoms with Crippen LogP contribution >= 0.6 is 22.9 Å². The molecule has 1 unspecified atom stereocenters. The molecular formula is C19H18ClN3O2S. The van der Waals surface area contributed by atoms with Crippen LogP contribution in [0.25, 0.3) is 22.6 Å². The Morgan fingerprint density at radius 3 is 2.88 bits per heavy atom. The van der Waals surface area contributed by atoms with Crippen LogP contribution in [0.3, 0.4) is 0 Å². The molecule has 2 aromatic heterocycles. The largest absolute Gasteiger partial charge is 0.436 e. The molecule has 5 heterocycles. The molecule has 0 saturated carbocycles. The molecule has 0 spiro atoms. The van der Waals surface area contributed by atoms with Crippen molar-refractivity contribution in [1.82, 2.24) is 15.2 Å². The van der Waals surface area contributed by atoms with Gasteiger partial charge in [0.25, 0.3) is 5.91 Å². The number of aromatic nitrogens is 1. The third-order valence-electron chi connectivity index (χ3n) is 5.45. The topological polar surface area (TPSA) is 58.4 Å². The third-order valence-corrected chi connectivity index (χ3v) is 6.35. The molecule has 3 fully saturated rings. The molecule has 3 aliphatic heterocycles. The van der Waals surface area contributed by atoms with Gasteiger partial charge in [-0.25, -0.2) is 4.98 Å². The van der Waals surface area contributed by atoms with Crippen LogP contribution in [0.4, 0.5) is 0 Å². The molecule has 0 aliphatic carbocycles. The van der Waals surface area contributed by atoms with Gasteiger partial charge >= 0.3 is 0 Å². The Bertz CT molecular complexity index is 961.